The standard InChI is InChI=1S/C10H12N2O2/c1-11-10(14)12-9(7-13)8-5-3-2-4-6-8/h2-7,9H,1H3,(H2,11,12,14). The van der Waals surface area contributed by atoms with Crippen molar-refractivity contribution in [2.75, 3.05) is 7.05 Å². The fraction of sp³-hybridized carbons (Fsp3) is 0.200. The number of amides is 2. The molecule has 14 heavy (non-hydrogen) atoms. The monoisotopic (exact) mass is 192 g/mol. The molecule has 1 aromatic carbocycles. The highest BCUT2D eigenvalue weighted by Crippen LogP contribution is 2.08. The summed E-state index contributed by atoms with van der Waals surface area (Å²) in [5, 5.41) is 4.91. The Hall–Kier alpha value is -1.84. The Morgan fingerprint density at radius 1 is 1.36 bits per heavy atom. The summed E-state index contributed by atoms with van der Waals surface area (Å²) in [5.41, 5.74) is 0.770. The first-order chi connectivity index (χ1) is 6.77. The molecule has 1 atom stereocenters. The van der Waals surface area contributed by atoms with E-state index in [1.54, 1.807) is 12.1 Å². The highest BCUT2D eigenvalue weighted by Gasteiger charge is 2.11. The first-order valence-electron chi connectivity index (χ1n) is 4.26. The molecule has 1 rings (SSSR count). The first kappa shape index (κ1) is 10.2. The average molecular weight is 192 g/mol. The summed E-state index contributed by atoms with van der Waals surface area (Å²) in [5.74, 6) is 0. The zero-order chi connectivity index (χ0) is 10.4. The zero-order valence-electron chi connectivity index (χ0n) is 7.86. The van der Waals surface area contributed by atoms with E-state index in [4.69, 9.17) is 0 Å². The highest BCUT2D eigenvalue weighted by molar-refractivity contribution is 5.78. The van der Waals surface area contributed by atoms with Crippen molar-refractivity contribution in [3.05, 3.63) is 35.9 Å². The topological polar surface area (TPSA) is 58.2 Å². The van der Waals surface area contributed by atoms with E-state index < -0.39 is 6.04 Å². The normalized spacial score (nSPS) is 11.5. The number of carbonyl (C=O) groups is 2. The molecule has 2 amide bonds. The van der Waals surface area contributed by atoms with Gasteiger partial charge in [0, 0.05) is 7.05 Å². The maximum absolute atomic E-state index is 11.0. The first-order valence-corrected chi connectivity index (χ1v) is 4.26. The summed E-state index contributed by atoms with van der Waals surface area (Å²) in [6, 6.07) is 8.10. The predicted molar refractivity (Wildman–Crippen MR) is 52.8 cm³/mol. The van der Waals surface area contributed by atoms with Gasteiger partial charge in [-0.2, -0.15) is 0 Å². The molecule has 0 aliphatic rings. The van der Waals surface area contributed by atoms with Crippen LogP contribution in [0.5, 0.6) is 0 Å². The third-order valence-electron chi connectivity index (χ3n) is 1.81. The Morgan fingerprint density at radius 3 is 2.50 bits per heavy atom. The highest BCUT2D eigenvalue weighted by atomic mass is 16.2. The van der Waals surface area contributed by atoms with E-state index in [0.717, 1.165) is 5.56 Å². The Kier molecular flexibility index (Phi) is 3.67. The lowest BCUT2D eigenvalue weighted by Gasteiger charge is -2.12. The molecule has 0 aromatic heterocycles. The number of urea groups is 1. The van der Waals surface area contributed by atoms with Crippen LogP contribution in [0.15, 0.2) is 30.3 Å². The number of carbonyl (C=O) groups excluding carboxylic acids is 2. The molecule has 4 heteroatoms. The molecule has 1 unspecified atom stereocenters. The maximum Gasteiger partial charge on any atom is 0.315 e. The molecule has 0 fully saturated rings. The van der Waals surface area contributed by atoms with Gasteiger partial charge in [-0.05, 0) is 5.56 Å². The second-order valence-electron chi connectivity index (χ2n) is 2.75. The molecule has 0 saturated carbocycles. The van der Waals surface area contributed by atoms with Crippen LogP contribution < -0.4 is 10.6 Å². The van der Waals surface area contributed by atoms with E-state index in [1.165, 1.54) is 7.05 Å². The number of benzene rings is 1. The zero-order valence-corrected chi connectivity index (χ0v) is 7.86. The minimum atomic E-state index is -0.587. The number of aldehydes is 1. The van der Waals surface area contributed by atoms with E-state index in [1.807, 2.05) is 18.2 Å². The Morgan fingerprint density at radius 2 is 2.00 bits per heavy atom. The van der Waals surface area contributed by atoms with Crippen molar-refractivity contribution in [3.63, 3.8) is 0 Å². The van der Waals surface area contributed by atoms with Crippen LogP contribution in [0.3, 0.4) is 0 Å². The van der Waals surface area contributed by atoms with Crippen LogP contribution in [-0.4, -0.2) is 19.4 Å². The molecule has 2 N–H and O–H groups in total. The van der Waals surface area contributed by atoms with Crippen molar-refractivity contribution >= 4 is 12.3 Å². The van der Waals surface area contributed by atoms with Crippen molar-refractivity contribution in [1.29, 1.82) is 0 Å². The number of hydrogen-bond acceptors (Lipinski definition) is 2. The molecular weight excluding hydrogens is 180 g/mol. The maximum atomic E-state index is 11.0. The van der Waals surface area contributed by atoms with Gasteiger partial charge in [-0.25, -0.2) is 4.79 Å². The molecule has 1 aromatic rings. The van der Waals surface area contributed by atoms with Crippen LogP contribution in [0.25, 0.3) is 0 Å². The number of hydrogen-bond donors (Lipinski definition) is 2. The van der Waals surface area contributed by atoms with Gasteiger partial charge in [0.1, 0.15) is 12.3 Å². The molecule has 0 aliphatic heterocycles. The van der Waals surface area contributed by atoms with Gasteiger partial charge in [0.25, 0.3) is 0 Å². The quantitative estimate of drug-likeness (QED) is 0.698. The van der Waals surface area contributed by atoms with Gasteiger partial charge in [-0.1, -0.05) is 30.3 Å². The van der Waals surface area contributed by atoms with Crippen molar-refractivity contribution in [1.82, 2.24) is 10.6 Å². The van der Waals surface area contributed by atoms with Crippen LogP contribution in [0, 0.1) is 0 Å². The predicted octanol–water partition coefficient (Wildman–Crippen LogP) is 0.856. The van der Waals surface area contributed by atoms with Crippen molar-refractivity contribution < 1.29 is 9.59 Å². The van der Waals surface area contributed by atoms with E-state index in [0.29, 0.717) is 6.29 Å². The Balaban J connectivity index is 2.73. The van der Waals surface area contributed by atoms with Gasteiger partial charge in [-0.3, -0.25) is 0 Å². The molecule has 0 heterocycles. The third kappa shape index (κ3) is 2.58. The molecule has 0 spiro atoms. The fourth-order valence-electron chi connectivity index (χ4n) is 1.07. The van der Waals surface area contributed by atoms with Crippen molar-refractivity contribution in [2.24, 2.45) is 0 Å². The summed E-state index contributed by atoms with van der Waals surface area (Å²) in [6.45, 7) is 0. The lowest BCUT2D eigenvalue weighted by molar-refractivity contribution is -0.109. The smallest absolute Gasteiger partial charge is 0.315 e. The van der Waals surface area contributed by atoms with Gasteiger partial charge in [0.2, 0.25) is 0 Å². The minimum absolute atomic E-state index is 0.369. The molecule has 0 radical (unpaired) electrons. The van der Waals surface area contributed by atoms with Gasteiger partial charge < -0.3 is 15.4 Å². The van der Waals surface area contributed by atoms with Crippen molar-refractivity contribution in [3.8, 4) is 0 Å². The Bertz CT molecular complexity index is 311. The van der Waals surface area contributed by atoms with Crippen LogP contribution in [0.1, 0.15) is 11.6 Å². The van der Waals surface area contributed by atoms with E-state index >= 15 is 0 Å². The molecule has 0 saturated heterocycles. The number of rotatable bonds is 3. The lowest BCUT2D eigenvalue weighted by atomic mass is 10.1. The van der Waals surface area contributed by atoms with Crippen LogP contribution in [-0.2, 0) is 4.79 Å². The molecular formula is C10H12N2O2. The van der Waals surface area contributed by atoms with Gasteiger partial charge in [0.05, 0.1) is 0 Å². The summed E-state index contributed by atoms with van der Waals surface area (Å²) < 4.78 is 0. The van der Waals surface area contributed by atoms with E-state index in [-0.39, 0.29) is 6.03 Å². The molecule has 0 aliphatic carbocycles. The van der Waals surface area contributed by atoms with E-state index in [9.17, 15) is 9.59 Å². The van der Waals surface area contributed by atoms with Crippen molar-refractivity contribution in [2.45, 2.75) is 6.04 Å². The third-order valence-corrected chi connectivity index (χ3v) is 1.81. The summed E-state index contributed by atoms with van der Waals surface area (Å²) >= 11 is 0. The lowest BCUT2D eigenvalue weighted by Crippen LogP contribution is -2.36. The van der Waals surface area contributed by atoms with Crippen LogP contribution >= 0.6 is 0 Å². The Labute approximate surface area is 82.3 Å². The van der Waals surface area contributed by atoms with E-state index in [2.05, 4.69) is 10.6 Å². The summed E-state index contributed by atoms with van der Waals surface area (Å²) in [7, 11) is 1.50. The second kappa shape index (κ2) is 5.01. The van der Waals surface area contributed by atoms with Gasteiger partial charge in [-0.15, -0.1) is 0 Å². The van der Waals surface area contributed by atoms with Crippen LogP contribution in [0.4, 0.5) is 4.79 Å². The van der Waals surface area contributed by atoms with Gasteiger partial charge in [0.15, 0.2) is 0 Å². The molecule has 74 valence electrons. The molecule has 4 nitrogen and oxygen atoms in total. The largest absolute Gasteiger partial charge is 0.341 e. The van der Waals surface area contributed by atoms with Crippen LogP contribution in [0.2, 0.25) is 0 Å². The summed E-state index contributed by atoms with van der Waals surface area (Å²) in [4.78, 5) is 21.7. The minimum Gasteiger partial charge on any atom is -0.341 e. The second-order valence-corrected chi connectivity index (χ2v) is 2.75. The fourth-order valence-corrected chi connectivity index (χ4v) is 1.07. The average Bonchev–Trinajstić information content (AvgIpc) is 2.26. The SMILES string of the molecule is CNC(=O)NC(C=O)c1ccccc1. The molecule has 0 bridgehead atoms. The number of nitrogens with one attached hydrogen (secondary N) is 2. The van der Waals surface area contributed by atoms with Gasteiger partial charge >= 0.3 is 6.03 Å². The summed E-state index contributed by atoms with van der Waals surface area (Å²) in [6.07, 6.45) is 0.699.